The lowest BCUT2D eigenvalue weighted by Gasteiger charge is -2.39. The summed E-state index contributed by atoms with van der Waals surface area (Å²) in [6.45, 7) is 3.55. The van der Waals surface area contributed by atoms with Crippen LogP contribution in [0.3, 0.4) is 0 Å². The smallest absolute Gasteiger partial charge is 0.259 e. The molecule has 29 heavy (non-hydrogen) atoms. The Morgan fingerprint density at radius 2 is 1.97 bits per heavy atom. The lowest BCUT2D eigenvalue weighted by atomic mass is 9.75. The molecule has 0 amide bonds. The number of piperidine rings is 1. The van der Waals surface area contributed by atoms with Gasteiger partial charge in [-0.05, 0) is 62.2 Å². The van der Waals surface area contributed by atoms with E-state index >= 15 is 0 Å². The summed E-state index contributed by atoms with van der Waals surface area (Å²) in [5.74, 6) is 1.30. The summed E-state index contributed by atoms with van der Waals surface area (Å²) in [5.41, 5.74) is 1.99. The SMILES string of the molecule is COCCC1(c2noc(-c3cccnc3)n2)CCN(Cc2ccc(Cl)cc2)CC1. The van der Waals surface area contributed by atoms with Crippen molar-refractivity contribution >= 4 is 11.6 Å². The Morgan fingerprint density at radius 1 is 1.17 bits per heavy atom. The third kappa shape index (κ3) is 4.66. The first kappa shape index (κ1) is 20.0. The molecule has 0 aliphatic carbocycles. The minimum absolute atomic E-state index is 0.129. The molecule has 3 heterocycles. The van der Waals surface area contributed by atoms with Crippen molar-refractivity contribution in [2.75, 3.05) is 26.8 Å². The quantitative estimate of drug-likeness (QED) is 0.574. The van der Waals surface area contributed by atoms with Crippen LogP contribution in [0, 0.1) is 0 Å². The molecule has 2 aromatic heterocycles. The van der Waals surface area contributed by atoms with Crippen molar-refractivity contribution in [3.05, 3.63) is 65.2 Å². The van der Waals surface area contributed by atoms with Crippen LogP contribution in [-0.2, 0) is 16.7 Å². The van der Waals surface area contributed by atoms with Gasteiger partial charge in [0.2, 0.25) is 0 Å². The number of likely N-dealkylation sites (tertiary alicyclic amines) is 1. The number of methoxy groups -OCH3 is 1. The highest BCUT2D eigenvalue weighted by molar-refractivity contribution is 6.30. The number of hydrogen-bond acceptors (Lipinski definition) is 6. The van der Waals surface area contributed by atoms with Crippen molar-refractivity contribution in [2.45, 2.75) is 31.2 Å². The van der Waals surface area contributed by atoms with Gasteiger partial charge in [-0.15, -0.1) is 0 Å². The van der Waals surface area contributed by atoms with Crippen molar-refractivity contribution in [1.82, 2.24) is 20.0 Å². The summed E-state index contributed by atoms with van der Waals surface area (Å²) in [4.78, 5) is 11.4. The van der Waals surface area contributed by atoms with Crippen LogP contribution in [0.5, 0.6) is 0 Å². The summed E-state index contributed by atoms with van der Waals surface area (Å²) in [5, 5.41) is 5.13. The van der Waals surface area contributed by atoms with Crippen molar-refractivity contribution in [2.24, 2.45) is 0 Å². The lowest BCUT2D eigenvalue weighted by Crippen LogP contribution is -2.43. The van der Waals surface area contributed by atoms with Gasteiger partial charge in [0, 0.05) is 43.1 Å². The average molecular weight is 413 g/mol. The molecule has 0 atom stereocenters. The van der Waals surface area contributed by atoms with Crippen LogP contribution in [0.2, 0.25) is 5.02 Å². The third-order valence-corrected chi connectivity index (χ3v) is 5.98. The van der Waals surface area contributed by atoms with Gasteiger partial charge in [-0.3, -0.25) is 9.88 Å². The molecule has 1 aromatic carbocycles. The Labute approximate surface area is 175 Å². The fraction of sp³-hybridized carbons (Fsp3) is 0.409. The highest BCUT2D eigenvalue weighted by Gasteiger charge is 2.40. The molecule has 0 N–H and O–H groups in total. The highest BCUT2D eigenvalue weighted by Crippen LogP contribution is 2.38. The number of hydrogen-bond donors (Lipinski definition) is 0. The van der Waals surface area contributed by atoms with E-state index in [0.29, 0.717) is 12.5 Å². The second-order valence-corrected chi connectivity index (χ2v) is 8.03. The number of nitrogens with zero attached hydrogens (tertiary/aromatic N) is 4. The number of halogens is 1. The molecule has 0 radical (unpaired) electrons. The monoisotopic (exact) mass is 412 g/mol. The molecule has 1 saturated heterocycles. The second kappa shape index (κ2) is 9.03. The molecule has 0 saturated carbocycles. The molecule has 7 heteroatoms. The van der Waals surface area contributed by atoms with Gasteiger partial charge in [0.1, 0.15) is 0 Å². The van der Waals surface area contributed by atoms with E-state index < -0.39 is 0 Å². The van der Waals surface area contributed by atoms with Gasteiger partial charge in [-0.1, -0.05) is 28.9 Å². The van der Waals surface area contributed by atoms with Gasteiger partial charge in [-0.25, -0.2) is 0 Å². The standard InChI is InChI=1S/C22H25ClN4O2/c1-28-14-10-22(21-25-20(29-26-21)18-3-2-11-24-15-18)8-12-27(13-9-22)16-17-4-6-19(23)7-5-17/h2-7,11,15H,8-10,12-14,16H2,1H3. The summed E-state index contributed by atoms with van der Waals surface area (Å²) in [7, 11) is 1.74. The normalized spacial score (nSPS) is 16.8. The first-order valence-electron chi connectivity index (χ1n) is 9.89. The zero-order valence-corrected chi connectivity index (χ0v) is 17.3. The Hall–Kier alpha value is -2.28. The first-order chi connectivity index (χ1) is 14.2. The van der Waals surface area contributed by atoms with Crippen LogP contribution < -0.4 is 0 Å². The number of aromatic nitrogens is 3. The molecule has 0 bridgehead atoms. The molecule has 1 aliphatic heterocycles. The minimum atomic E-state index is -0.129. The fourth-order valence-electron chi connectivity index (χ4n) is 3.92. The van der Waals surface area contributed by atoms with E-state index in [1.165, 1.54) is 5.56 Å². The van der Waals surface area contributed by atoms with Gasteiger partial charge in [0.15, 0.2) is 5.82 Å². The number of pyridine rings is 1. The van der Waals surface area contributed by atoms with E-state index in [2.05, 4.69) is 27.2 Å². The molecule has 0 spiro atoms. The molecular formula is C22H25ClN4O2. The molecule has 152 valence electrons. The van der Waals surface area contributed by atoms with Gasteiger partial charge in [0.05, 0.1) is 5.56 Å². The zero-order valence-electron chi connectivity index (χ0n) is 16.6. The molecule has 4 rings (SSSR count). The van der Waals surface area contributed by atoms with Gasteiger partial charge < -0.3 is 9.26 Å². The first-order valence-corrected chi connectivity index (χ1v) is 10.3. The average Bonchev–Trinajstić information content (AvgIpc) is 3.27. The van der Waals surface area contributed by atoms with Crippen LogP contribution in [0.15, 0.2) is 53.3 Å². The maximum Gasteiger partial charge on any atom is 0.259 e. The second-order valence-electron chi connectivity index (χ2n) is 7.59. The van der Waals surface area contributed by atoms with Crippen molar-refractivity contribution in [3.63, 3.8) is 0 Å². The van der Waals surface area contributed by atoms with Gasteiger partial charge in [0.25, 0.3) is 5.89 Å². The molecule has 3 aromatic rings. The third-order valence-electron chi connectivity index (χ3n) is 5.73. The predicted molar refractivity (Wildman–Crippen MR) is 112 cm³/mol. The Morgan fingerprint density at radius 3 is 2.66 bits per heavy atom. The van der Waals surface area contributed by atoms with E-state index in [1.807, 2.05) is 24.3 Å². The fourth-order valence-corrected chi connectivity index (χ4v) is 4.04. The van der Waals surface area contributed by atoms with Gasteiger partial charge >= 0.3 is 0 Å². The molecule has 1 aliphatic rings. The summed E-state index contributed by atoms with van der Waals surface area (Å²) in [6, 6.07) is 11.9. The molecular weight excluding hydrogens is 388 g/mol. The number of rotatable bonds is 7. The molecule has 6 nitrogen and oxygen atoms in total. The van der Waals surface area contributed by atoms with Crippen LogP contribution in [0.4, 0.5) is 0 Å². The molecule has 1 fully saturated rings. The Kier molecular flexibility index (Phi) is 6.23. The van der Waals surface area contributed by atoms with E-state index in [-0.39, 0.29) is 5.41 Å². The van der Waals surface area contributed by atoms with Crippen LogP contribution in [-0.4, -0.2) is 46.8 Å². The topological polar surface area (TPSA) is 64.3 Å². The van der Waals surface area contributed by atoms with E-state index in [4.69, 9.17) is 25.8 Å². The van der Waals surface area contributed by atoms with Crippen molar-refractivity contribution < 1.29 is 9.26 Å². The zero-order chi connectivity index (χ0) is 20.1. The van der Waals surface area contributed by atoms with E-state index in [9.17, 15) is 0 Å². The maximum atomic E-state index is 6.00. The highest BCUT2D eigenvalue weighted by atomic mass is 35.5. The van der Waals surface area contributed by atoms with Crippen LogP contribution >= 0.6 is 11.6 Å². The Bertz CT molecular complexity index is 906. The summed E-state index contributed by atoms with van der Waals surface area (Å²) < 4.78 is 11.0. The van der Waals surface area contributed by atoms with E-state index in [0.717, 1.165) is 55.3 Å². The summed E-state index contributed by atoms with van der Waals surface area (Å²) in [6.07, 6.45) is 6.29. The van der Waals surface area contributed by atoms with Crippen LogP contribution in [0.25, 0.3) is 11.5 Å². The Balaban J connectivity index is 1.48. The largest absolute Gasteiger partial charge is 0.385 e. The van der Waals surface area contributed by atoms with Crippen molar-refractivity contribution in [1.29, 1.82) is 0 Å². The van der Waals surface area contributed by atoms with E-state index in [1.54, 1.807) is 19.5 Å². The minimum Gasteiger partial charge on any atom is -0.385 e. The molecule has 0 unspecified atom stereocenters. The lowest BCUT2D eigenvalue weighted by molar-refractivity contribution is 0.103. The van der Waals surface area contributed by atoms with Crippen molar-refractivity contribution in [3.8, 4) is 11.5 Å². The predicted octanol–water partition coefficient (Wildman–Crippen LogP) is 4.36. The number of benzene rings is 1. The maximum absolute atomic E-state index is 6.00. The van der Waals surface area contributed by atoms with Gasteiger partial charge in [-0.2, -0.15) is 4.98 Å². The summed E-state index contributed by atoms with van der Waals surface area (Å²) >= 11 is 6.00. The number of ether oxygens (including phenoxy) is 1. The van der Waals surface area contributed by atoms with Crippen LogP contribution in [0.1, 0.15) is 30.7 Å².